The van der Waals surface area contributed by atoms with Gasteiger partial charge in [0.2, 0.25) is 0 Å². The van der Waals surface area contributed by atoms with E-state index in [9.17, 15) is 32.7 Å². The summed E-state index contributed by atoms with van der Waals surface area (Å²) in [6, 6.07) is 18.1. The predicted octanol–water partition coefficient (Wildman–Crippen LogP) is 3.44. The SMILES string of the molecule is COC(=O)[C@@H](Cc1cccc(C(F)(F)F)c1)NC(=O)[C@H](O)[C@@H](NC(=O)c1ccccc1)c1ccccc1. The fourth-order valence-electron chi connectivity index (χ4n) is 3.67. The van der Waals surface area contributed by atoms with Crippen molar-refractivity contribution in [2.24, 2.45) is 0 Å². The third-order valence-corrected chi connectivity index (χ3v) is 5.56. The summed E-state index contributed by atoms with van der Waals surface area (Å²) in [7, 11) is 1.07. The van der Waals surface area contributed by atoms with Crippen molar-refractivity contribution in [3.63, 3.8) is 0 Å². The van der Waals surface area contributed by atoms with Gasteiger partial charge in [0.15, 0.2) is 6.10 Å². The summed E-state index contributed by atoms with van der Waals surface area (Å²) in [5.74, 6) is -2.48. The van der Waals surface area contributed by atoms with Crippen LogP contribution in [0.4, 0.5) is 13.2 Å². The predicted molar refractivity (Wildman–Crippen MR) is 128 cm³/mol. The van der Waals surface area contributed by atoms with Gasteiger partial charge in [-0.15, -0.1) is 0 Å². The molecule has 0 spiro atoms. The number of amides is 2. The summed E-state index contributed by atoms with van der Waals surface area (Å²) in [6.07, 6.45) is -6.75. The lowest BCUT2D eigenvalue weighted by Crippen LogP contribution is -2.51. The first-order valence-corrected chi connectivity index (χ1v) is 11.2. The number of halogens is 3. The minimum atomic E-state index is -4.59. The number of aliphatic hydroxyl groups excluding tert-OH is 1. The maximum absolute atomic E-state index is 13.1. The van der Waals surface area contributed by atoms with Gasteiger partial charge in [-0.05, 0) is 29.3 Å². The lowest BCUT2D eigenvalue weighted by Gasteiger charge is -2.26. The van der Waals surface area contributed by atoms with Crippen molar-refractivity contribution in [3.05, 3.63) is 107 Å². The highest BCUT2D eigenvalue weighted by atomic mass is 19.4. The van der Waals surface area contributed by atoms with Crippen molar-refractivity contribution in [1.29, 1.82) is 0 Å². The van der Waals surface area contributed by atoms with Gasteiger partial charge in [0.25, 0.3) is 11.8 Å². The zero-order valence-corrected chi connectivity index (χ0v) is 19.7. The Morgan fingerprint density at radius 2 is 1.51 bits per heavy atom. The van der Waals surface area contributed by atoms with Crippen LogP contribution in [0.3, 0.4) is 0 Å². The number of esters is 1. The van der Waals surface area contributed by atoms with Crippen LogP contribution < -0.4 is 10.6 Å². The molecule has 0 saturated carbocycles. The fourth-order valence-corrected chi connectivity index (χ4v) is 3.67. The molecule has 0 unspecified atom stereocenters. The summed E-state index contributed by atoms with van der Waals surface area (Å²) in [4.78, 5) is 38.1. The first kappa shape index (κ1) is 27.4. The Balaban J connectivity index is 1.82. The van der Waals surface area contributed by atoms with Crippen LogP contribution in [-0.2, 0) is 26.9 Å². The van der Waals surface area contributed by atoms with Crippen LogP contribution in [-0.4, -0.2) is 42.1 Å². The molecule has 0 radical (unpaired) electrons. The molecule has 0 bridgehead atoms. The smallest absolute Gasteiger partial charge is 0.416 e. The van der Waals surface area contributed by atoms with Crippen LogP contribution in [0.15, 0.2) is 84.9 Å². The summed E-state index contributed by atoms with van der Waals surface area (Å²) in [5, 5.41) is 15.9. The molecular formula is C27H25F3N2O5. The van der Waals surface area contributed by atoms with Gasteiger partial charge in [-0.1, -0.05) is 66.7 Å². The number of hydrogen-bond acceptors (Lipinski definition) is 5. The van der Waals surface area contributed by atoms with Gasteiger partial charge in [-0.3, -0.25) is 9.59 Å². The molecule has 3 rings (SSSR count). The molecule has 7 nitrogen and oxygen atoms in total. The van der Waals surface area contributed by atoms with E-state index in [0.29, 0.717) is 11.1 Å². The third-order valence-electron chi connectivity index (χ3n) is 5.56. The number of carbonyl (C=O) groups excluding carboxylic acids is 3. The molecule has 0 aliphatic heterocycles. The van der Waals surface area contributed by atoms with E-state index in [4.69, 9.17) is 4.74 Å². The molecule has 0 heterocycles. The van der Waals surface area contributed by atoms with Crippen molar-refractivity contribution in [2.75, 3.05) is 7.11 Å². The molecule has 3 aromatic rings. The molecule has 194 valence electrons. The molecule has 0 fully saturated rings. The topological polar surface area (TPSA) is 105 Å². The molecule has 37 heavy (non-hydrogen) atoms. The van der Waals surface area contributed by atoms with Crippen LogP contribution in [0.5, 0.6) is 0 Å². The third kappa shape index (κ3) is 7.40. The fraction of sp³-hybridized carbons (Fsp3) is 0.222. The molecule has 3 atom stereocenters. The minimum absolute atomic E-state index is 0.122. The Bertz CT molecular complexity index is 1220. The average molecular weight is 515 g/mol. The van der Waals surface area contributed by atoms with Gasteiger partial charge in [0.05, 0.1) is 18.7 Å². The van der Waals surface area contributed by atoms with Gasteiger partial charge in [-0.2, -0.15) is 13.2 Å². The van der Waals surface area contributed by atoms with E-state index in [1.165, 1.54) is 12.1 Å². The number of hydrogen-bond donors (Lipinski definition) is 3. The Morgan fingerprint density at radius 1 is 0.892 bits per heavy atom. The number of rotatable bonds is 9. The quantitative estimate of drug-likeness (QED) is 0.380. The van der Waals surface area contributed by atoms with Gasteiger partial charge in [-0.25, -0.2) is 4.79 Å². The summed E-state index contributed by atoms with van der Waals surface area (Å²) < 4.78 is 44.0. The average Bonchev–Trinajstić information content (AvgIpc) is 2.91. The van der Waals surface area contributed by atoms with Gasteiger partial charge in [0, 0.05) is 12.0 Å². The Kier molecular flexibility index (Phi) is 9.02. The molecular weight excluding hydrogens is 489 g/mol. The molecule has 0 aromatic heterocycles. The van der Waals surface area contributed by atoms with Crippen LogP contribution >= 0.6 is 0 Å². The van der Waals surface area contributed by atoms with E-state index >= 15 is 0 Å². The van der Waals surface area contributed by atoms with Gasteiger partial charge >= 0.3 is 12.1 Å². The van der Waals surface area contributed by atoms with Crippen molar-refractivity contribution in [1.82, 2.24) is 10.6 Å². The molecule has 10 heteroatoms. The zero-order valence-electron chi connectivity index (χ0n) is 19.7. The van der Waals surface area contributed by atoms with E-state index < -0.39 is 47.7 Å². The lowest BCUT2D eigenvalue weighted by atomic mass is 9.98. The molecule has 0 aliphatic carbocycles. The monoisotopic (exact) mass is 514 g/mol. The van der Waals surface area contributed by atoms with Crippen molar-refractivity contribution < 1.29 is 37.4 Å². The molecule has 3 N–H and O–H groups in total. The number of alkyl halides is 3. The van der Waals surface area contributed by atoms with Gasteiger partial charge in [0.1, 0.15) is 6.04 Å². The normalized spacial score (nSPS) is 13.6. The number of methoxy groups -OCH3 is 1. The van der Waals surface area contributed by atoms with E-state index in [1.807, 2.05) is 0 Å². The lowest BCUT2D eigenvalue weighted by molar-refractivity contribution is -0.146. The number of ether oxygens (including phenoxy) is 1. The Morgan fingerprint density at radius 3 is 2.11 bits per heavy atom. The molecule has 0 aliphatic rings. The largest absolute Gasteiger partial charge is 0.467 e. The second-order valence-electron chi connectivity index (χ2n) is 8.16. The summed E-state index contributed by atoms with van der Waals surface area (Å²) in [5.41, 5.74) is -0.0697. The minimum Gasteiger partial charge on any atom is -0.467 e. The second kappa shape index (κ2) is 12.2. The maximum Gasteiger partial charge on any atom is 0.416 e. The first-order chi connectivity index (χ1) is 17.6. The van der Waals surface area contributed by atoms with E-state index in [2.05, 4.69) is 10.6 Å². The summed E-state index contributed by atoms with van der Waals surface area (Å²) >= 11 is 0. The molecule has 2 amide bonds. The number of nitrogens with one attached hydrogen (secondary N) is 2. The van der Waals surface area contributed by atoms with E-state index in [1.54, 1.807) is 60.7 Å². The van der Waals surface area contributed by atoms with Crippen LogP contribution in [0.1, 0.15) is 33.1 Å². The highest BCUT2D eigenvalue weighted by Crippen LogP contribution is 2.30. The van der Waals surface area contributed by atoms with Crippen LogP contribution in [0, 0.1) is 0 Å². The van der Waals surface area contributed by atoms with Crippen LogP contribution in [0.2, 0.25) is 0 Å². The second-order valence-corrected chi connectivity index (χ2v) is 8.16. The maximum atomic E-state index is 13.1. The van der Waals surface area contributed by atoms with E-state index in [0.717, 1.165) is 19.2 Å². The number of benzene rings is 3. The Hall–Kier alpha value is -4.18. The Labute approximate surface area is 211 Å². The summed E-state index contributed by atoms with van der Waals surface area (Å²) in [6.45, 7) is 0. The van der Waals surface area contributed by atoms with Crippen molar-refractivity contribution >= 4 is 17.8 Å². The van der Waals surface area contributed by atoms with Crippen LogP contribution in [0.25, 0.3) is 0 Å². The van der Waals surface area contributed by atoms with E-state index in [-0.39, 0.29) is 12.0 Å². The standard InChI is InChI=1S/C27H25F3N2O5/c1-37-26(36)21(16-17-9-8-14-20(15-17)27(28,29)30)31-25(35)23(33)22(18-10-4-2-5-11-18)32-24(34)19-12-6-3-7-13-19/h2-15,21-23,33H,16H2,1H3,(H,31,35)(H,32,34)/t21-,22+,23-/m1/s1. The highest BCUT2D eigenvalue weighted by Gasteiger charge is 2.34. The van der Waals surface area contributed by atoms with Crippen molar-refractivity contribution in [3.8, 4) is 0 Å². The molecule has 3 aromatic carbocycles. The number of carbonyl (C=O) groups is 3. The molecule has 0 saturated heterocycles. The van der Waals surface area contributed by atoms with Crippen molar-refractivity contribution in [2.45, 2.75) is 30.8 Å². The highest BCUT2D eigenvalue weighted by molar-refractivity contribution is 5.95. The first-order valence-electron chi connectivity index (χ1n) is 11.2. The number of aliphatic hydroxyl groups is 1. The zero-order chi connectivity index (χ0) is 27.0. The van der Waals surface area contributed by atoms with Gasteiger partial charge < -0.3 is 20.5 Å².